The highest BCUT2D eigenvalue weighted by molar-refractivity contribution is 7.71. The summed E-state index contributed by atoms with van der Waals surface area (Å²) in [5.41, 5.74) is 1.97. The van der Waals surface area contributed by atoms with Crippen molar-refractivity contribution in [3.8, 4) is 17.1 Å². The fourth-order valence-electron chi connectivity index (χ4n) is 3.96. The molecule has 3 aromatic heterocycles. The van der Waals surface area contributed by atoms with Crippen molar-refractivity contribution < 1.29 is 0 Å². The number of nitrogens with zero attached hydrogens (tertiary/aromatic N) is 5. The molecule has 0 unspecified atom stereocenters. The van der Waals surface area contributed by atoms with Crippen molar-refractivity contribution in [2.24, 2.45) is 0 Å². The molecule has 0 bridgehead atoms. The molecule has 0 amide bonds. The molecule has 4 aromatic rings. The first-order chi connectivity index (χ1) is 14.3. The Balaban J connectivity index is 1.56. The lowest BCUT2D eigenvalue weighted by Gasteiger charge is -2.23. The number of rotatable bonds is 5. The topological polar surface area (TPSA) is 38.9 Å². The van der Waals surface area contributed by atoms with Crippen LogP contribution in [0.1, 0.15) is 23.8 Å². The summed E-state index contributed by atoms with van der Waals surface area (Å²) in [6.07, 6.45) is 6.00. The first kappa shape index (κ1) is 18.4. The fraction of sp³-hybridized carbons (Fsp3) is 0.227. The molecule has 1 aliphatic rings. The Morgan fingerprint density at radius 3 is 2.72 bits per heavy atom. The van der Waals surface area contributed by atoms with Crippen LogP contribution in [0.5, 0.6) is 0 Å². The van der Waals surface area contributed by atoms with Crippen molar-refractivity contribution in [2.75, 3.05) is 6.54 Å². The van der Waals surface area contributed by atoms with Gasteiger partial charge in [-0.05, 0) is 60.8 Å². The number of thiophene rings is 1. The summed E-state index contributed by atoms with van der Waals surface area (Å²) in [6.45, 7) is 1.75. The predicted octanol–water partition coefficient (Wildman–Crippen LogP) is 5.32. The van der Waals surface area contributed by atoms with Crippen LogP contribution in [0.25, 0.3) is 17.1 Å². The van der Waals surface area contributed by atoms with Crippen molar-refractivity contribution in [1.29, 1.82) is 0 Å². The molecule has 1 fully saturated rings. The van der Waals surface area contributed by atoms with E-state index in [0.717, 1.165) is 23.6 Å². The van der Waals surface area contributed by atoms with Gasteiger partial charge in [-0.1, -0.05) is 24.3 Å². The molecular weight excluding hydrogens is 398 g/mol. The number of para-hydroxylation sites is 1. The number of benzene rings is 1. The second-order valence-corrected chi connectivity index (χ2v) is 8.49. The molecule has 1 aliphatic heterocycles. The molecule has 0 spiro atoms. The maximum absolute atomic E-state index is 5.89. The lowest BCUT2D eigenvalue weighted by molar-refractivity contribution is 0.192. The van der Waals surface area contributed by atoms with Crippen LogP contribution in [0.4, 0.5) is 0 Å². The number of hydrogen-bond donors (Lipinski definition) is 0. The zero-order valence-corrected chi connectivity index (χ0v) is 17.5. The smallest absolute Gasteiger partial charge is 0.204 e. The summed E-state index contributed by atoms with van der Waals surface area (Å²) in [7, 11) is 0. The third-order valence-electron chi connectivity index (χ3n) is 5.32. The van der Waals surface area contributed by atoms with Gasteiger partial charge >= 0.3 is 0 Å². The Hall–Kier alpha value is -2.61. The molecule has 7 heteroatoms. The number of aromatic nitrogens is 4. The average Bonchev–Trinajstić information content (AvgIpc) is 3.51. The number of likely N-dealkylation sites (tertiary alicyclic amines) is 1. The summed E-state index contributed by atoms with van der Waals surface area (Å²) in [4.78, 5) is 8.18. The lowest BCUT2D eigenvalue weighted by Crippen LogP contribution is -2.26. The Bertz CT molecular complexity index is 1130. The van der Waals surface area contributed by atoms with Gasteiger partial charge in [0.15, 0.2) is 5.82 Å². The minimum absolute atomic E-state index is 0.445. The van der Waals surface area contributed by atoms with Crippen LogP contribution < -0.4 is 0 Å². The van der Waals surface area contributed by atoms with Crippen LogP contribution in [0, 0.1) is 4.77 Å². The first-order valence-electron chi connectivity index (χ1n) is 9.74. The van der Waals surface area contributed by atoms with Crippen LogP contribution in [0.3, 0.4) is 0 Å². The van der Waals surface area contributed by atoms with Crippen molar-refractivity contribution in [3.63, 3.8) is 0 Å². The van der Waals surface area contributed by atoms with E-state index in [1.165, 1.54) is 17.7 Å². The Morgan fingerprint density at radius 1 is 1.07 bits per heavy atom. The Morgan fingerprint density at radius 2 is 1.97 bits per heavy atom. The molecule has 0 aliphatic carbocycles. The molecule has 29 heavy (non-hydrogen) atoms. The van der Waals surface area contributed by atoms with Gasteiger partial charge in [-0.25, -0.2) is 4.68 Å². The Labute approximate surface area is 178 Å². The van der Waals surface area contributed by atoms with E-state index in [1.807, 2.05) is 57.1 Å². The summed E-state index contributed by atoms with van der Waals surface area (Å²) in [5, 5.41) is 7.09. The normalized spacial score (nSPS) is 17.0. The van der Waals surface area contributed by atoms with Crippen molar-refractivity contribution >= 4 is 23.6 Å². The molecule has 146 valence electrons. The van der Waals surface area contributed by atoms with E-state index in [0.29, 0.717) is 17.5 Å². The van der Waals surface area contributed by atoms with Gasteiger partial charge in [-0.2, -0.15) is 0 Å². The van der Waals surface area contributed by atoms with Crippen LogP contribution in [0.15, 0.2) is 72.4 Å². The van der Waals surface area contributed by atoms with E-state index < -0.39 is 0 Å². The van der Waals surface area contributed by atoms with Crippen molar-refractivity contribution in [2.45, 2.75) is 25.6 Å². The average molecular weight is 420 g/mol. The minimum Gasteiger partial charge on any atom is -0.276 e. The van der Waals surface area contributed by atoms with Gasteiger partial charge in [-0.15, -0.1) is 16.4 Å². The second-order valence-electron chi connectivity index (χ2n) is 7.15. The third-order valence-corrected chi connectivity index (χ3v) is 6.69. The number of hydrogen-bond acceptors (Lipinski definition) is 5. The van der Waals surface area contributed by atoms with E-state index in [9.17, 15) is 0 Å². The van der Waals surface area contributed by atoms with Gasteiger partial charge in [0, 0.05) is 41.1 Å². The summed E-state index contributed by atoms with van der Waals surface area (Å²) in [6, 6.07) is 18.9. The standard InChI is InChI=1S/C22H21N5S2/c28-22-26(16-25-13-5-10-19(25)20-11-6-14-29-20)24-21(17-7-4-12-23-15-17)27(22)18-8-2-1-3-9-18/h1-4,6-9,11-12,14-15,19H,5,10,13,16H2/t19-/m1/s1. The van der Waals surface area contributed by atoms with E-state index in [4.69, 9.17) is 17.3 Å². The Kier molecular flexibility index (Phi) is 5.10. The number of pyridine rings is 1. The van der Waals surface area contributed by atoms with Crippen LogP contribution in [0.2, 0.25) is 0 Å². The van der Waals surface area contributed by atoms with Crippen molar-refractivity contribution in [3.05, 3.63) is 82.0 Å². The molecule has 0 N–H and O–H groups in total. The largest absolute Gasteiger partial charge is 0.276 e. The quantitative estimate of drug-likeness (QED) is 0.410. The summed E-state index contributed by atoms with van der Waals surface area (Å²) < 4.78 is 4.70. The molecule has 0 saturated carbocycles. The van der Waals surface area contributed by atoms with E-state index in [-0.39, 0.29) is 0 Å². The van der Waals surface area contributed by atoms with Crippen LogP contribution in [-0.2, 0) is 6.67 Å². The zero-order valence-electron chi connectivity index (χ0n) is 15.9. The highest BCUT2D eigenvalue weighted by Crippen LogP contribution is 2.35. The van der Waals surface area contributed by atoms with Gasteiger partial charge in [-0.3, -0.25) is 14.5 Å². The van der Waals surface area contributed by atoms with Gasteiger partial charge < -0.3 is 0 Å². The fourth-order valence-corrected chi connectivity index (χ4v) is 5.15. The third kappa shape index (κ3) is 3.57. The zero-order chi connectivity index (χ0) is 19.6. The molecule has 5 rings (SSSR count). The van der Waals surface area contributed by atoms with E-state index >= 15 is 0 Å². The summed E-state index contributed by atoms with van der Waals surface area (Å²) in [5.74, 6) is 0.821. The van der Waals surface area contributed by atoms with Crippen LogP contribution in [-0.4, -0.2) is 30.8 Å². The summed E-state index contributed by atoms with van der Waals surface area (Å²) >= 11 is 7.72. The molecule has 5 nitrogen and oxygen atoms in total. The van der Waals surface area contributed by atoms with E-state index in [2.05, 4.69) is 39.5 Å². The second kappa shape index (κ2) is 8.02. The first-order valence-corrected chi connectivity index (χ1v) is 11.0. The lowest BCUT2D eigenvalue weighted by atomic mass is 10.2. The molecule has 1 saturated heterocycles. The van der Waals surface area contributed by atoms with Crippen LogP contribution >= 0.6 is 23.6 Å². The molecule has 0 radical (unpaired) electrons. The SMILES string of the molecule is S=c1n(CN2CCC[C@@H]2c2cccs2)nc(-c2cccnc2)n1-c1ccccc1. The highest BCUT2D eigenvalue weighted by atomic mass is 32.1. The highest BCUT2D eigenvalue weighted by Gasteiger charge is 2.28. The monoisotopic (exact) mass is 419 g/mol. The van der Waals surface area contributed by atoms with Gasteiger partial charge in [0.25, 0.3) is 0 Å². The molecule has 1 atom stereocenters. The molecule has 1 aromatic carbocycles. The maximum Gasteiger partial charge on any atom is 0.204 e. The van der Waals surface area contributed by atoms with Gasteiger partial charge in [0.2, 0.25) is 4.77 Å². The molecule has 4 heterocycles. The predicted molar refractivity (Wildman–Crippen MR) is 119 cm³/mol. The van der Waals surface area contributed by atoms with E-state index in [1.54, 1.807) is 6.20 Å². The van der Waals surface area contributed by atoms with Gasteiger partial charge in [0.1, 0.15) is 0 Å². The van der Waals surface area contributed by atoms with Gasteiger partial charge in [0.05, 0.1) is 6.67 Å². The minimum atomic E-state index is 0.445. The molecular formula is C22H21N5S2. The maximum atomic E-state index is 5.89. The van der Waals surface area contributed by atoms with Crippen molar-refractivity contribution in [1.82, 2.24) is 24.2 Å².